The Morgan fingerprint density at radius 1 is 1.48 bits per heavy atom. The normalized spacial score (nSPS) is 13.4. The van der Waals surface area contributed by atoms with Crippen molar-refractivity contribution in [1.82, 2.24) is 9.55 Å². The van der Waals surface area contributed by atoms with E-state index in [-0.39, 0.29) is 6.04 Å². The second kappa shape index (κ2) is 5.66. The van der Waals surface area contributed by atoms with Crippen molar-refractivity contribution >= 4 is 28.7 Å². The van der Waals surface area contributed by atoms with Gasteiger partial charge >= 0.3 is 6.09 Å². The maximum absolute atomic E-state index is 12.5. The Labute approximate surface area is 129 Å². The lowest BCUT2D eigenvalue weighted by molar-refractivity contribution is 0.0537. The van der Waals surface area contributed by atoms with E-state index in [1.165, 1.54) is 4.57 Å². The highest BCUT2D eigenvalue weighted by molar-refractivity contribution is 6.31. The molecule has 1 atom stereocenters. The van der Waals surface area contributed by atoms with Crippen molar-refractivity contribution in [3.63, 3.8) is 0 Å². The van der Waals surface area contributed by atoms with E-state index in [0.29, 0.717) is 28.3 Å². The van der Waals surface area contributed by atoms with Crippen LogP contribution in [0.15, 0.2) is 18.2 Å². The van der Waals surface area contributed by atoms with E-state index >= 15 is 0 Å². The summed E-state index contributed by atoms with van der Waals surface area (Å²) in [5.41, 5.74) is 6.76. The van der Waals surface area contributed by atoms with Gasteiger partial charge in [-0.2, -0.15) is 0 Å². The zero-order chi connectivity index (χ0) is 15.8. The van der Waals surface area contributed by atoms with Crippen LogP contribution in [0, 0.1) is 0 Å². The molecule has 6 heteroatoms. The molecule has 0 bridgehead atoms. The van der Waals surface area contributed by atoms with Gasteiger partial charge in [0.05, 0.1) is 17.1 Å². The van der Waals surface area contributed by atoms with E-state index in [4.69, 9.17) is 22.1 Å². The van der Waals surface area contributed by atoms with Crippen LogP contribution >= 0.6 is 11.6 Å². The number of aromatic nitrogens is 2. The highest BCUT2D eigenvalue weighted by Crippen LogP contribution is 2.25. The average molecular weight is 310 g/mol. The lowest BCUT2D eigenvalue weighted by Gasteiger charge is -2.21. The van der Waals surface area contributed by atoms with E-state index in [9.17, 15) is 4.79 Å². The predicted octanol–water partition coefficient (Wildman–Crippen LogP) is 3.88. The van der Waals surface area contributed by atoms with Crippen molar-refractivity contribution in [3.05, 3.63) is 29.0 Å². The Balaban J connectivity index is 2.60. The predicted molar refractivity (Wildman–Crippen MR) is 83.6 cm³/mol. The highest BCUT2D eigenvalue weighted by Gasteiger charge is 2.25. The molecule has 0 fully saturated rings. The zero-order valence-corrected chi connectivity index (χ0v) is 13.4. The van der Waals surface area contributed by atoms with E-state index in [2.05, 4.69) is 4.98 Å². The molecule has 2 aromatic rings. The summed E-state index contributed by atoms with van der Waals surface area (Å²) < 4.78 is 6.89. The van der Waals surface area contributed by atoms with Crippen molar-refractivity contribution in [2.75, 3.05) is 0 Å². The van der Waals surface area contributed by atoms with E-state index in [1.807, 2.05) is 27.7 Å². The fourth-order valence-electron chi connectivity index (χ4n) is 2.00. The third kappa shape index (κ3) is 3.36. The second-order valence-corrected chi connectivity index (χ2v) is 6.37. The number of ether oxygens (including phenoxy) is 1. The van der Waals surface area contributed by atoms with Gasteiger partial charge in [-0.15, -0.1) is 0 Å². The van der Waals surface area contributed by atoms with Crippen LogP contribution in [-0.4, -0.2) is 21.2 Å². The fourth-order valence-corrected chi connectivity index (χ4v) is 2.17. The molecular formula is C15H20ClN3O2. The van der Waals surface area contributed by atoms with Gasteiger partial charge in [-0.3, -0.25) is 0 Å². The van der Waals surface area contributed by atoms with Crippen LogP contribution in [0.1, 0.15) is 46.0 Å². The van der Waals surface area contributed by atoms with Crippen LogP contribution in [0.5, 0.6) is 0 Å². The largest absolute Gasteiger partial charge is 0.443 e. The number of nitrogens with zero attached hydrogens (tertiary/aromatic N) is 2. The minimum Gasteiger partial charge on any atom is -0.443 e. The summed E-state index contributed by atoms with van der Waals surface area (Å²) in [5, 5.41) is 0.563. The van der Waals surface area contributed by atoms with Crippen LogP contribution < -0.4 is 5.73 Å². The van der Waals surface area contributed by atoms with Crippen LogP contribution in [0.3, 0.4) is 0 Å². The topological polar surface area (TPSA) is 70.1 Å². The molecule has 1 aromatic carbocycles. The first-order chi connectivity index (χ1) is 9.73. The number of benzene rings is 1. The first-order valence-electron chi connectivity index (χ1n) is 6.89. The third-order valence-electron chi connectivity index (χ3n) is 2.99. The maximum Gasteiger partial charge on any atom is 0.420 e. The Kier molecular flexibility index (Phi) is 4.25. The lowest BCUT2D eigenvalue weighted by Crippen LogP contribution is -2.29. The zero-order valence-electron chi connectivity index (χ0n) is 12.7. The number of hydrogen-bond donors (Lipinski definition) is 1. The third-order valence-corrected chi connectivity index (χ3v) is 3.23. The maximum atomic E-state index is 12.5. The quantitative estimate of drug-likeness (QED) is 0.913. The Morgan fingerprint density at radius 2 is 2.14 bits per heavy atom. The van der Waals surface area contributed by atoms with Gasteiger partial charge in [0.1, 0.15) is 11.4 Å². The molecule has 0 saturated carbocycles. The molecule has 1 heterocycles. The molecular weight excluding hydrogens is 290 g/mol. The molecule has 0 amide bonds. The molecule has 2 N–H and O–H groups in total. The molecule has 21 heavy (non-hydrogen) atoms. The van der Waals surface area contributed by atoms with Gasteiger partial charge in [0.15, 0.2) is 0 Å². The number of carbonyl (C=O) groups is 1. The molecule has 0 unspecified atom stereocenters. The monoisotopic (exact) mass is 309 g/mol. The minimum absolute atomic E-state index is 0.344. The number of carbonyl (C=O) groups excluding carboxylic acids is 1. The number of hydrogen-bond acceptors (Lipinski definition) is 4. The molecule has 0 spiro atoms. The minimum atomic E-state index is -0.590. The van der Waals surface area contributed by atoms with Gasteiger partial charge in [0.25, 0.3) is 0 Å². The molecule has 2 rings (SSSR count). The van der Waals surface area contributed by atoms with Crippen LogP contribution in [0.25, 0.3) is 11.0 Å². The molecule has 0 radical (unpaired) electrons. The molecule has 0 aliphatic heterocycles. The van der Waals surface area contributed by atoms with Gasteiger partial charge < -0.3 is 10.5 Å². The number of halogens is 1. The number of fused-ring (bicyclic) bond motifs is 1. The standard InChI is InChI=1S/C15H20ClN3O2/c1-5-10(17)13-18-11-8-9(16)6-7-12(11)19(13)14(20)21-15(2,3)4/h6-8,10H,5,17H2,1-4H3/t10-/m0/s1. The molecule has 0 aliphatic carbocycles. The first kappa shape index (κ1) is 15.8. The Hall–Kier alpha value is -1.59. The first-order valence-corrected chi connectivity index (χ1v) is 7.27. The fraction of sp³-hybridized carbons (Fsp3) is 0.467. The van der Waals surface area contributed by atoms with Crippen molar-refractivity contribution in [2.24, 2.45) is 5.73 Å². The summed E-state index contributed by atoms with van der Waals surface area (Å²) in [7, 11) is 0. The molecule has 1 aromatic heterocycles. The molecule has 0 saturated heterocycles. The summed E-state index contributed by atoms with van der Waals surface area (Å²) >= 11 is 5.98. The smallest absolute Gasteiger partial charge is 0.420 e. The van der Waals surface area contributed by atoms with Gasteiger partial charge in [-0.25, -0.2) is 14.3 Å². The van der Waals surface area contributed by atoms with Gasteiger partial charge in [0.2, 0.25) is 0 Å². The number of rotatable bonds is 2. The number of imidazole rings is 1. The van der Waals surface area contributed by atoms with E-state index < -0.39 is 11.7 Å². The van der Waals surface area contributed by atoms with Crippen molar-refractivity contribution < 1.29 is 9.53 Å². The van der Waals surface area contributed by atoms with E-state index in [0.717, 1.165) is 0 Å². The summed E-state index contributed by atoms with van der Waals surface area (Å²) in [6, 6.07) is 4.83. The number of nitrogens with two attached hydrogens (primary N) is 1. The van der Waals surface area contributed by atoms with Crippen molar-refractivity contribution in [3.8, 4) is 0 Å². The Bertz CT molecular complexity index is 673. The molecule has 0 aliphatic rings. The summed E-state index contributed by atoms with van der Waals surface area (Å²) in [6.45, 7) is 7.40. The van der Waals surface area contributed by atoms with Crippen LogP contribution in [0.2, 0.25) is 5.02 Å². The van der Waals surface area contributed by atoms with Gasteiger partial charge in [-0.1, -0.05) is 18.5 Å². The van der Waals surface area contributed by atoms with E-state index in [1.54, 1.807) is 18.2 Å². The summed E-state index contributed by atoms with van der Waals surface area (Å²) in [4.78, 5) is 16.9. The van der Waals surface area contributed by atoms with Crippen molar-refractivity contribution in [2.45, 2.75) is 45.8 Å². The molecule has 5 nitrogen and oxygen atoms in total. The summed E-state index contributed by atoms with van der Waals surface area (Å²) in [5.74, 6) is 0.490. The SMILES string of the molecule is CC[C@H](N)c1nc2cc(Cl)ccc2n1C(=O)OC(C)(C)C. The molecule has 114 valence electrons. The highest BCUT2D eigenvalue weighted by atomic mass is 35.5. The Morgan fingerprint density at radius 3 is 2.71 bits per heavy atom. The van der Waals surface area contributed by atoms with Crippen LogP contribution in [0.4, 0.5) is 4.79 Å². The summed E-state index contributed by atoms with van der Waals surface area (Å²) in [6.07, 6.45) is 0.186. The van der Waals surface area contributed by atoms with Crippen LogP contribution in [-0.2, 0) is 4.74 Å². The van der Waals surface area contributed by atoms with Gasteiger partial charge in [-0.05, 0) is 45.4 Å². The van der Waals surface area contributed by atoms with Gasteiger partial charge in [0, 0.05) is 5.02 Å². The lowest BCUT2D eigenvalue weighted by atomic mass is 10.2. The average Bonchev–Trinajstić information content (AvgIpc) is 2.74. The second-order valence-electron chi connectivity index (χ2n) is 5.93. The van der Waals surface area contributed by atoms with Crippen molar-refractivity contribution in [1.29, 1.82) is 0 Å².